The molecule has 1 aromatic heterocycles. The second-order valence-corrected chi connectivity index (χ2v) is 6.52. The van der Waals surface area contributed by atoms with Gasteiger partial charge in [0.2, 0.25) is 5.91 Å². The van der Waals surface area contributed by atoms with Gasteiger partial charge in [0.25, 0.3) is 5.91 Å². The van der Waals surface area contributed by atoms with Crippen molar-refractivity contribution in [2.75, 3.05) is 13.1 Å². The fraction of sp³-hybridized carbons (Fsp3) is 0.647. The van der Waals surface area contributed by atoms with Gasteiger partial charge < -0.3 is 14.6 Å². The highest BCUT2D eigenvalue weighted by Crippen LogP contribution is 2.21. The molecule has 2 rings (SSSR count). The van der Waals surface area contributed by atoms with Gasteiger partial charge in [0.05, 0.1) is 17.7 Å². The van der Waals surface area contributed by atoms with Crippen LogP contribution in [0.5, 0.6) is 0 Å². The van der Waals surface area contributed by atoms with Gasteiger partial charge in [-0.15, -0.1) is 0 Å². The quantitative estimate of drug-likeness (QED) is 0.930. The van der Waals surface area contributed by atoms with E-state index >= 15 is 0 Å². The number of aryl methyl sites for hydroxylation is 1. The Morgan fingerprint density at radius 1 is 1.36 bits per heavy atom. The van der Waals surface area contributed by atoms with Crippen molar-refractivity contribution in [1.82, 2.24) is 10.2 Å². The van der Waals surface area contributed by atoms with Gasteiger partial charge in [0.15, 0.2) is 0 Å². The summed E-state index contributed by atoms with van der Waals surface area (Å²) in [7, 11) is 0. The maximum atomic E-state index is 12.5. The van der Waals surface area contributed by atoms with Crippen LogP contribution in [-0.2, 0) is 4.79 Å². The molecule has 0 bridgehead atoms. The van der Waals surface area contributed by atoms with E-state index in [0.717, 1.165) is 12.8 Å². The van der Waals surface area contributed by atoms with Crippen LogP contribution in [0.2, 0.25) is 0 Å². The van der Waals surface area contributed by atoms with Crippen LogP contribution in [0.3, 0.4) is 0 Å². The lowest BCUT2D eigenvalue weighted by Gasteiger charge is -2.33. The summed E-state index contributed by atoms with van der Waals surface area (Å²) < 4.78 is 5.20. The minimum Gasteiger partial charge on any atom is -0.469 e. The van der Waals surface area contributed by atoms with E-state index in [1.54, 1.807) is 17.9 Å². The molecule has 122 valence electrons. The van der Waals surface area contributed by atoms with E-state index in [1.165, 1.54) is 6.26 Å². The van der Waals surface area contributed by atoms with Crippen LogP contribution in [0.25, 0.3) is 0 Å². The Bertz CT molecular complexity index is 536. The van der Waals surface area contributed by atoms with E-state index in [2.05, 4.69) is 19.2 Å². The normalized spacial score (nSPS) is 20.0. The number of nitrogens with one attached hydrogen (secondary N) is 1. The summed E-state index contributed by atoms with van der Waals surface area (Å²) >= 11 is 0. The van der Waals surface area contributed by atoms with E-state index < -0.39 is 0 Å². The summed E-state index contributed by atoms with van der Waals surface area (Å²) in [4.78, 5) is 26.7. The van der Waals surface area contributed by atoms with Gasteiger partial charge in [0, 0.05) is 19.1 Å². The SMILES string of the molecule is Cc1occc1C(=O)N1CCCC(C(=O)NC(C)C(C)C)C1. The molecule has 0 aliphatic carbocycles. The molecule has 1 aromatic rings. The van der Waals surface area contributed by atoms with Crippen molar-refractivity contribution in [2.24, 2.45) is 11.8 Å². The molecule has 2 unspecified atom stereocenters. The predicted molar refractivity (Wildman–Crippen MR) is 84.5 cm³/mol. The van der Waals surface area contributed by atoms with Crippen molar-refractivity contribution in [1.29, 1.82) is 0 Å². The first kappa shape index (κ1) is 16.6. The summed E-state index contributed by atoms with van der Waals surface area (Å²) in [5.74, 6) is 0.929. The van der Waals surface area contributed by atoms with Crippen LogP contribution >= 0.6 is 0 Å². The molecule has 1 aliphatic heterocycles. The maximum absolute atomic E-state index is 12.5. The second-order valence-electron chi connectivity index (χ2n) is 6.52. The Balaban J connectivity index is 1.98. The average Bonchev–Trinajstić information content (AvgIpc) is 2.92. The van der Waals surface area contributed by atoms with E-state index in [-0.39, 0.29) is 23.8 Å². The number of furan rings is 1. The van der Waals surface area contributed by atoms with Crippen LogP contribution in [0.15, 0.2) is 16.7 Å². The molecule has 1 aliphatic rings. The minimum atomic E-state index is -0.119. The summed E-state index contributed by atoms with van der Waals surface area (Å²) in [6.45, 7) is 9.16. The highest BCUT2D eigenvalue weighted by molar-refractivity contribution is 5.95. The Hall–Kier alpha value is -1.78. The van der Waals surface area contributed by atoms with Crippen molar-refractivity contribution in [3.05, 3.63) is 23.7 Å². The lowest BCUT2D eigenvalue weighted by Crippen LogP contribution is -2.48. The van der Waals surface area contributed by atoms with E-state index in [9.17, 15) is 9.59 Å². The number of amides is 2. The summed E-state index contributed by atoms with van der Waals surface area (Å²) in [5.41, 5.74) is 0.594. The third-order valence-electron chi connectivity index (χ3n) is 4.54. The number of hydrogen-bond acceptors (Lipinski definition) is 3. The first-order valence-electron chi connectivity index (χ1n) is 8.04. The molecular formula is C17H26N2O3. The van der Waals surface area contributed by atoms with E-state index in [1.807, 2.05) is 6.92 Å². The number of rotatable bonds is 4. The van der Waals surface area contributed by atoms with Crippen LogP contribution in [0.1, 0.15) is 49.7 Å². The lowest BCUT2D eigenvalue weighted by molar-refractivity contribution is -0.127. The topological polar surface area (TPSA) is 62.6 Å². The van der Waals surface area contributed by atoms with Gasteiger partial charge in [0.1, 0.15) is 5.76 Å². The van der Waals surface area contributed by atoms with Crippen LogP contribution in [0, 0.1) is 18.8 Å². The number of likely N-dealkylation sites (tertiary alicyclic amines) is 1. The highest BCUT2D eigenvalue weighted by Gasteiger charge is 2.30. The number of hydrogen-bond donors (Lipinski definition) is 1. The second kappa shape index (κ2) is 6.99. The van der Waals surface area contributed by atoms with Crippen LogP contribution in [-0.4, -0.2) is 35.8 Å². The van der Waals surface area contributed by atoms with E-state index in [4.69, 9.17) is 4.42 Å². The third-order valence-corrected chi connectivity index (χ3v) is 4.54. The molecule has 1 fully saturated rings. The summed E-state index contributed by atoms with van der Waals surface area (Å²) in [6, 6.07) is 1.84. The fourth-order valence-corrected chi connectivity index (χ4v) is 2.66. The Labute approximate surface area is 132 Å². The molecule has 1 saturated heterocycles. The Morgan fingerprint density at radius 2 is 2.09 bits per heavy atom. The zero-order valence-corrected chi connectivity index (χ0v) is 13.9. The molecule has 2 amide bonds. The number of nitrogens with zero attached hydrogens (tertiary/aromatic N) is 1. The monoisotopic (exact) mass is 306 g/mol. The number of carbonyl (C=O) groups is 2. The first-order chi connectivity index (χ1) is 10.4. The van der Waals surface area contributed by atoms with Crippen LogP contribution < -0.4 is 5.32 Å². The van der Waals surface area contributed by atoms with Crippen molar-refractivity contribution in [3.63, 3.8) is 0 Å². The minimum absolute atomic E-state index is 0.0411. The number of piperidine rings is 1. The molecule has 0 spiro atoms. The van der Waals surface area contributed by atoms with Crippen molar-refractivity contribution in [3.8, 4) is 0 Å². The van der Waals surface area contributed by atoms with Gasteiger partial charge in [-0.2, -0.15) is 0 Å². The molecule has 22 heavy (non-hydrogen) atoms. The summed E-state index contributed by atoms with van der Waals surface area (Å²) in [5, 5.41) is 3.06. The van der Waals surface area contributed by atoms with Crippen molar-refractivity contribution < 1.29 is 14.0 Å². The molecular weight excluding hydrogens is 280 g/mol. The standard InChI is InChI=1S/C17H26N2O3/c1-11(2)12(3)18-16(20)14-6-5-8-19(10-14)17(21)15-7-9-22-13(15)4/h7,9,11-12,14H,5-6,8,10H2,1-4H3,(H,18,20). The molecule has 0 radical (unpaired) electrons. The Morgan fingerprint density at radius 3 is 2.68 bits per heavy atom. The highest BCUT2D eigenvalue weighted by atomic mass is 16.3. The molecule has 2 heterocycles. The van der Waals surface area contributed by atoms with Gasteiger partial charge >= 0.3 is 0 Å². The third kappa shape index (κ3) is 3.70. The van der Waals surface area contributed by atoms with Crippen LogP contribution in [0.4, 0.5) is 0 Å². The first-order valence-corrected chi connectivity index (χ1v) is 8.04. The van der Waals surface area contributed by atoms with Crippen molar-refractivity contribution in [2.45, 2.75) is 46.6 Å². The predicted octanol–water partition coefficient (Wildman–Crippen LogP) is 2.60. The van der Waals surface area contributed by atoms with Gasteiger partial charge in [-0.3, -0.25) is 9.59 Å². The zero-order valence-electron chi connectivity index (χ0n) is 13.9. The Kier molecular flexibility index (Phi) is 5.27. The van der Waals surface area contributed by atoms with Gasteiger partial charge in [-0.25, -0.2) is 0 Å². The zero-order chi connectivity index (χ0) is 16.3. The number of carbonyl (C=O) groups excluding carboxylic acids is 2. The average molecular weight is 306 g/mol. The van der Waals surface area contributed by atoms with Gasteiger partial charge in [-0.1, -0.05) is 13.8 Å². The largest absolute Gasteiger partial charge is 0.469 e. The summed E-state index contributed by atoms with van der Waals surface area (Å²) in [6.07, 6.45) is 3.22. The molecule has 1 N–H and O–H groups in total. The molecule has 2 atom stereocenters. The van der Waals surface area contributed by atoms with Crippen molar-refractivity contribution >= 4 is 11.8 Å². The molecule has 0 aromatic carbocycles. The van der Waals surface area contributed by atoms with E-state index in [0.29, 0.717) is 30.3 Å². The maximum Gasteiger partial charge on any atom is 0.257 e. The molecule has 0 saturated carbocycles. The lowest BCUT2D eigenvalue weighted by atomic mass is 9.95. The molecule has 5 heteroatoms. The fourth-order valence-electron chi connectivity index (χ4n) is 2.66. The van der Waals surface area contributed by atoms with Gasteiger partial charge in [-0.05, 0) is 38.7 Å². The smallest absolute Gasteiger partial charge is 0.257 e. The molecule has 5 nitrogen and oxygen atoms in total.